The minimum atomic E-state index is -0.228. The van der Waals surface area contributed by atoms with Crippen LogP contribution in [0.15, 0.2) is 12.4 Å². The van der Waals surface area contributed by atoms with Crippen LogP contribution in [0.3, 0.4) is 0 Å². The fourth-order valence-corrected chi connectivity index (χ4v) is 3.21. The summed E-state index contributed by atoms with van der Waals surface area (Å²) >= 11 is 0. The predicted molar refractivity (Wildman–Crippen MR) is 76.4 cm³/mol. The molecule has 1 saturated heterocycles. The summed E-state index contributed by atoms with van der Waals surface area (Å²) in [5, 5.41) is 16.9. The number of aliphatic hydroxyl groups is 1. The topological polar surface area (TPSA) is 76.4 Å². The summed E-state index contributed by atoms with van der Waals surface area (Å²) in [6.45, 7) is 1.33. The summed E-state index contributed by atoms with van der Waals surface area (Å²) in [5.74, 6) is 0.449. The van der Waals surface area contributed by atoms with Crippen molar-refractivity contribution in [1.29, 1.82) is 0 Å². The van der Waals surface area contributed by atoms with Crippen molar-refractivity contribution in [2.75, 3.05) is 13.2 Å². The van der Waals surface area contributed by atoms with Gasteiger partial charge in [0.05, 0.1) is 18.3 Å². The highest BCUT2D eigenvalue weighted by molar-refractivity contribution is 5.79. The second-order valence-electron chi connectivity index (χ2n) is 6.21. The maximum absolute atomic E-state index is 12.5. The van der Waals surface area contributed by atoms with Gasteiger partial charge < -0.3 is 15.2 Å². The van der Waals surface area contributed by atoms with Crippen molar-refractivity contribution in [2.24, 2.45) is 18.9 Å². The van der Waals surface area contributed by atoms with Crippen LogP contribution in [0.2, 0.25) is 0 Å². The fraction of sp³-hybridized carbons (Fsp3) is 0.733. The predicted octanol–water partition coefficient (Wildman–Crippen LogP) is 0.775. The lowest BCUT2D eigenvalue weighted by Gasteiger charge is -2.38. The van der Waals surface area contributed by atoms with Crippen LogP contribution in [0.25, 0.3) is 0 Å². The first kappa shape index (κ1) is 14.5. The molecule has 1 atom stereocenters. The van der Waals surface area contributed by atoms with Gasteiger partial charge in [0.1, 0.15) is 0 Å². The summed E-state index contributed by atoms with van der Waals surface area (Å²) in [6.07, 6.45) is 6.59. The number of aromatic nitrogens is 2. The third-order valence-electron chi connectivity index (χ3n) is 4.59. The van der Waals surface area contributed by atoms with Gasteiger partial charge in [0.2, 0.25) is 5.91 Å². The molecule has 1 aliphatic carbocycles. The number of amides is 1. The molecule has 1 amide bonds. The molecule has 1 aromatic heterocycles. The van der Waals surface area contributed by atoms with Crippen molar-refractivity contribution in [3.63, 3.8) is 0 Å². The highest BCUT2D eigenvalue weighted by Crippen LogP contribution is 2.38. The standard InChI is InChI=1S/C15H23N3O3/c1-18-9-12(8-16-18)14(11-6-13(19)7-11)17-15(20)10-2-4-21-5-3-10/h8-11,13-14,19H,2-7H2,1H3,(H,17,20)/t11?,13?,14-/m0/s1. The zero-order valence-corrected chi connectivity index (χ0v) is 12.4. The van der Waals surface area contributed by atoms with Crippen molar-refractivity contribution in [2.45, 2.75) is 37.8 Å². The normalized spacial score (nSPS) is 27.9. The van der Waals surface area contributed by atoms with Gasteiger partial charge in [-0.1, -0.05) is 0 Å². The maximum atomic E-state index is 12.5. The summed E-state index contributed by atoms with van der Waals surface area (Å²) in [7, 11) is 1.87. The number of aryl methyl sites for hydroxylation is 1. The number of aliphatic hydroxyl groups excluding tert-OH is 1. The number of nitrogens with one attached hydrogen (secondary N) is 1. The van der Waals surface area contributed by atoms with Gasteiger partial charge >= 0.3 is 0 Å². The second kappa shape index (κ2) is 6.15. The Kier molecular flexibility index (Phi) is 4.26. The van der Waals surface area contributed by atoms with Gasteiger partial charge in [0.25, 0.3) is 0 Å². The maximum Gasteiger partial charge on any atom is 0.223 e. The molecule has 1 saturated carbocycles. The first-order valence-electron chi connectivity index (χ1n) is 7.68. The van der Waals surface area contributed by atoms with Crippen LogP contribution in [-0.4, -0.2) is 40.1 Å². The quantitative estimate of drug-likeness (QED) is 0.860. The van der Waals surface area contributed by atoms with E-state index in [1.807, 2.05) is 13.2 Å². The van der Waals surface area contributed by atoms with E-state index in [2.05, 4.69) is 10.4 Å². The molecule has 2 heterocycles. The molecule has 6 nitrogen and oxygen atoms in total. The first-order chi connectivity index (χ1) is 10.1. The van der Waals surface area contributed by atoms with Crippen molar-refractivity contribution in [3.05, 3.63) is 18.0 Å². The van der Waals surface area contributed by atoms with Gasteiger partial charge in [-0.25, -0.2) is 0 Å². The van der Waals surface area contributed by atoms with E-state index in [0.29, 0.717) is 19.1 Å². The smallest absolute Gasteiger partial charge is 0.223 e. The Balaban J connectivity index is 1.68. The molecule has 2 fully saturated rings. The Morgan fingerprint density at radius 3 is 2.76 bits per heavy atom. The largest absolute Gasteiger partial charge is 0.393 e. The van der Waals surface area contributed by atoms with E-state index in [4.69, 9.17) is 4.74 Å². The van der Waals surface area contributed by atoms with Gasteiger partial charge in [0, 0.05) is 37.9 Å². The molecular formula is C15H23N3O3. The third-order valence-corrected chi connectivity index (χ3v) is 4.59. The fourth-order valence-electron chi connectivity index (χ4n) is 3.21. The van der Waals surface area contributed by atoms with Crippen molar-refractivity contribution < 1.29 is 14.6 Å². The minimum Gasteiger partial charge on any atom is -0.393 e. The van der Waals surface area contributed by atoms with E-state index in [1.54, 1.807) is 10.9 Å². The lowest BCUT2D eigenvalue weighted by atomic mass is 9.75. The molecule has 1 aliphatic heterocycles. The monoisotopic (exact) mass is 293 g/mol. The van der Waals surface area contributed by atoms with Crippen LogP contribution in [0.5, 0.6) is 0 Å². The molecule has 116 valence electrons. The van der Waals surface area contributed by atoms with Crippen LogP contribution in [-0.2, 0) is 16.6 Å². The average Bonchev–Trinajstić information content (AvgIpc) is 2.89. The highest BCUT2D eigenvalue weighted by atomic mass is 16.5. The zero-order valence-electron chi connectivity index (χ0n) is 12.4. The number of carbonyl (C=O) groups excluding carboxylic acids is 1. The number of carbonyl (C=O) groups is 1. The molecule has 0 unspecified atom stereocenters. The first-order valence-corrected chi connectivity index (χ1v) is 7.68. The molecular weight excluding hydrogens is 270 g/mol. The number of nitrogens with zero attached hydrogens (tertiary/aromatic N) is 2. The zero-order chi connectivity index (χ0) is 14.8. The van der Waals surface area contributed by atoms with E-state index >= 15 is 0 Å². The van der Waals surface area contributed by atoms with Crippen LogP contribution in [0.1, 0.15) is 37.3 Å². The summed E-state index contributed by atoms with van der Waals surface area (Å²) < 4.78 is 7.06. The molecule has 2 aliphatic rings. The second-order valence-corrected chi connectivity index (χ2v) is 6.21. The molecule has 21 heavy (non-hydrogen) atoms. The van der Waals surface area contributed by atoms with E-state index in [9.17, 15) is 9.90 Å². The van der Waals surface area contributed by atoms with Gasteiger partial charge in [0.15, 0.2) is 0 Å². The Hall–Kier alpha value is -1.40. The number of hydrogen-bond donors (Lipinski definition) is 2. The van der Waals surface area contributed by atoms with E-state index in [-0.39, 0.29) is 24.0 Å². The van der Waals surface area contributed by atoms with Crippen LogP contribution in [0.4, 0.5) is 0 Å². The molecule has 0 spiro atoms. The van der Waals surface area contributed by atoms with E-state index in [1.165, 1.54) is 0 Å². The Morgan fingerprint density at radius 2 is 2.19 bits per heavy atom. The van der Waals surface area contributed by atoms with E-state index in [0.717, 1.165) is 31.2 Å². The van der Waals surface area contributed by atoms with Crippen molar-refractivity contribution in [3.8, 4) is 0 Å². The van der Waals surface area contributed by atoms with Crippen molar-refractivity contribution in [1.82, 2.24) is 15.1 Å². The van der Waals surface area contributed by atoms with Gasteiger partial charge in [-0.2, -0.15) is 5.10 Å². The number of hydrogen-bond acceptors (Lipinski definition) is 4. The van der Waals surface area contributed by atoms with Crippen LogP contribution >= 0.6 is 0 Å². The molecule has 0 bridgehead atoms. The molecule has 1 aromatic rings. The summed E-state index contributed by atoms with van der Waals surface area (Å²) in [4.78, 5) is 12.5. The highest BCUT2D eigenvalue weighted by Gasteiger charge is 2.37. The number of ether oxygens (including phenoxy) is 1. The lowest BCUT2D eigenvalue weighted by Crippen LogP contribution is -2.44. The summed E-state index contributed by atoms with van der Waals surface area (Å²) in [6, 6.07) is -0.0440. The third kappa shape index (κ3) is 3.27. The molecule has 6 heteroatoms. The Labute approximate surface area is 124 Å². The number of rotatable bonds is 4. The summed E-state index contributed by atoms with van der Waals surface area (Å²) in [5.41, 5.74) is 1.02. The van der Waals surface area contributed by atoms with Gasteiger partial charge in [-0.3, -0.25) is 9.48 Å². The van der Waals surface area contributed by atoms with Gasteiger partial charge in [-0.05, 0) is 31.6 Å². The van der Waals surface area contributed by atoms with Crippen LogP contribution < -0.4 is 5.32 Å². The lowest BCUT2D eigenvalue weighted by molar-refractivity contribution is -0.129. The molecule has 3 rings (SSSR count). The molecule has 0 aromatic carbocycles. The Bertz CT molecular complexity index is 490. The average molecular weight is 293 g/mol. The van der Waals surface area contributed by atoms with Crippen molar-refractivity contribution >= 4 is 5.91 Å². The van der Waals surface area contributed by atoms with Gasteiger partial charge in [-0.15, -0.1) is 0 Å². The molecule has 2 N–H and O–H groups in total. The Morgan fingerprint density at radius 1 is 1.48 bits per heavy atom. The van der Waals surface area contributed by atoms with Crippen LogP contribution in [0, 0.1) is 11.8 Å². The SMILES string of the molecule is Cn1cc([C@@H](NC(=O)C2CCOCC2)C2CC(O)C2)cn1. The minimum absolute atomic E-state index is 0.0440. The molecule has 0 radical (unpaired) electrons. The van der Waals surface area contributed by atoms with E-state index < -0.39 is 0 Å².